The largest absolute Gasteiger partial charge is 0.492 e. The van der Waals surface area contributed by atoms with E-state index in [1.807, 2.05) is 0 Å². The van der Waals surface area contributed by atoms with Gasteiger partial charge in [0.15, 0.2) is 24.9 Å². The molecule has 5 saturated heterocycles. The first-order valence-corrected chi connectivity index (χ1v) is 41.4. The standard InChI is InChI=1S/C10H14Cl2N3O5PS.C10H18N3O13P3S.C10H16N3O13P3.C10H15N3O5/c1-4-2-15(10(18)14-8(4)13)9-7(17)6(16)5(20-9)3-19-21(11,12)22;1-4-2-13(10(16)12-8(4)11)9-7(15)6(14)5(24-9)3-23-29(22,30)26-28(20,21)25-27(17,18)19;1-4-2-13(10(16)12-8(4)11)9-7(15)6(14)5(23-9)3-22-29(21)25-27(17,18)24-28(19,20)26-29;1-4-2-13(10(17)12-8(4)11)9-7(16)6(15)5(3-14)18-9/h2,5-7,9,16-17H,3H2,1H3,(H2,13,14,18);2,5-7,9,14-15H,3H2,1H3,(H,20,21)(H,22,30)(H2,11,12,16)(H2,17,18,19);2,5-7,9,14-15H,3H2,1H3,(H,17,18)(H,19,20)(H2,11,12,16);2,5-7,9,14-16H,3H2,1H3,(H2,11,12,17)/t5-,6?,7+,9-;5-,6?,7+,9-,29?;2*5-,6?,7+,9-/m1111/s1. The molecule has 5 aliphatic rings. The number of phosphoric acid groups is 5. The monoisotopic (exact) mass is 1640 g/mol. The molecule has 0 aromatic carbocycles. The zero-order chi connectivity index (χ0) is 74.9. The van der Waals surface area contributed by atoms with Crippen molar-refractivity contribution in [1.82, 2.24) is 38.2 Å². The summed E-state index contributed by atoms with van der Waals surface area (Å²) in [6, 6.07) is 0. The van der Waals surface area contributed by atoms with Crippen molar-refractivity contribution in [2.24, 2.45) is 0 Å². The van der Waals surface area contributed by atoms with Crippen LogP contribution in [-0.2, 0) is 101 Å². The molecule has 0 bridgehead atoms. The molecule has 0 spiro atoms. The van der Waals surface area contributed by atoms with E-state index in [2.05, 4.69) is 57.8 Å². The second-order valence-electron chi connectivity index (χ2n) is 20.9. The summed E-state index contributed by atoms with van der Waals surface area (Å²) in [5.41, 5.74) is 20.7. The van der Waals surface area contributed by atoms with Crippen molar-refractivity contribution < 1.29 is 152 Å². The molecule has 5 fully saturated rings. The van der Waals surface area contributed by atoms with Crippen LogP contribution in [0.5, 0.6) is 0 Å². The topological polar surface area (TPSA) is 743 Å². The van der Waals surface area contributed by atoms with Crippen molar-refractivity contribution in [3.05, 3.63) is 89.0 Å². The molecule has 59 heteroatoms. The molecule has 9 rings (SSSR count). The summed E-state index contributed by atoms with van der Waals surface area (Å²) in [7, 11) is -26.5. The van der Waals surface area contributed by atoms with E-state index in [9.17, 15) is 102 Å². The quantitative estimate of drug-likeness (QED) is 0.0418. The van der Waals surface area contributed by atoms with Crippen LogP contribution in [0.2, 0.25) is 0 Å². The molecular weight excluding hydrogens is 1580 g/mol. The van der Waals surface area contributed by atoms with E-state index < -0.39 is 192 Å². The fraction of sp³-hybridized carbons (Fsp3) is 0.600. The third-order valence-corrected chi connectivity index (χ3v) is 25.0. The van der Waals surface area contributed by atoms with Gasteiger partial charge in [-0.3, -0.25) is 22.8 Å². The lowest BCUT2D eigenvalue weighted by Gasteiger charge is -2.27. The molecule has 9 heterocycles. The molecule has 0 aliphatic carbocycles. The zero-order valence-corrected chi connectivity index (χ0v) is 59.7. The third-order valence-electron chi connectivity index (χ3n) is 13.5. The average Bonchev–Trinajstić information content (AvgIpc) is 1.33. The first-order valence-electron chi connectivity index (χ1n) is 26.8. The highest BCUT2D eigenvalue weighted by atomic mass is 35.9. The Labute approximate surface area is 572 Å². The van der Waals surface area contributed by atoms with Gasteiger partial charge in [0.05, 0.1) is 26.4 Å². The van der Waals surface area contributed by atoms with Gasteiger partial charge in [0.25, 0.3) is 0 Å². The molecule has 20 atom stereocenters. The van der Waals surface area contributed by atoms with Crippen molar-refractivity contribution in [2.45, 2.75) is 126 Å². The molecule has 4 aromatic rings. The second-order valence-corrected chi connectivity index (χ2v) is 38.9. The molecular formula is C40H63Cl2N12O36P7S2. The Bertz CT molecular complexity index is 4190. The van der Waals surface area contributed by atoms with Gasteiger partial charge in [0, 0.05) is 47.0 Å². The molecule has 48 nitrogen and oxygen atoms in total. The fourth-order valence-electron chi connectivity index (χ4n) is 8.72. The Hall–Kier alpha value is -3.33. The van der Waals surface area contributed by atoms with Gasteiger partial charge in [-0.15, -0.1) is 0 Å². The molecule has 0 saturated carbocycles. The van der Waals surface area contributed by atoms with Crippen LogP contribution in [0.15, 0.2) is 44.0 Å². The Balaban J connectivity index is 0.000000212. The first kappa shape index (κ1) is 84.6. The highest BCUT2D eigenvalue weighted by Gasteiger charge is 2.56. The van der Waals surface area contributed by atoms with E-state index in [1.54, 1.807) is 13.8 Å². The van der Waals surface area contributed by atoms with E-state index in [0.29, 0.717) is 22.3 Å². The van der Waals surface area contributed by atoms with Crippen LogP contribution in [0, 0.1) is 27.7 Å². The second kappa shape index (κ2) is 33.0. The summed E-state index contributed by atoms with van der Waals surface area (Å²) in [4.78, 5) is 113. The van der Waals surface area contributed by atoms with Crippen LogP contribution in [-0.4, -0.2) is 213 Å². The van der Waals surface area contributed by atoms with Crippen molar-refractivity contribution in [2.75, 3.05) is 49.4 Å². The van der Waals surface area contributed by atoms with E-state index in [-0.39, 0.29) is 29.9 Å². The van der Waals surface area contributed by atoms with E-state index in [4.69, 9.17) is 100 Å². The lowest BCUT2D eigenvalue weighted by molar-refractivity contribution is -0.0550. The number of rotatable bonds is 18. The molecule has 0 amide bonds. The van der Waals surface area contributed by atoms with E-state index >= 15 is 0 Å². The molecule has 5 aliphatic heterocycles. The zero-order valence-electron chi connectivity index (χ0n) is 50.2. The first-order chi connectivity index (χ1) is 45.3. The van der Waals surface area contributed by atoms with Crippen LogP contribution < -0.4 is 45.7 Å². The van der Waals surface area contributed by atoms with Crippen LogP contribution >= 0.6 is 73.3 Å². The maximum absolute atomic E-state index is 12.2. The van der Waals surface area contributed by atoms with Gasteiger partial charge >= 0.3 is 68.6 Å². The Kier molecular flexibility index (Phi) is 28.2. The average molecular weight is 1640 g/mol. The maximum atomic E-state index is 12.2. The molecule has 560 valence electrons. The number of aromatic nitrogens is 8. The van der Waals surface area contributed by atoms with Gasteiger partial charge in [0.1, 0.15) is 96.5 Å². The van der Waals surface area contributed by atoms with Gasteiger partial charge in [-0.1, -0.05) is 0 Å². The minimum absolute atomic E-state index is 0.0479. The SMILES string of the molecule is Cc1cn([C@@H]2O[C@H](CO)C(O)[C@@H]2O)c(=O)nc1N.Cc1cn([C@@H]2O[C@H](COP(=S)(Cl)Cl)C(O)[C@@H]2O)c(=O)nc1N.Cc1cn([C@@H]2O[C@H](COP(O)(=S)OP(=O)(O)OP(=O)(O)O)C(O)[C@@H]2O)c(=O)nc1N.Cc1cn([C@@H]2O[C@H](COP3(=O)OP(=O)(O)OP(=O)(O)O3)C(O)[C@@H]2O)c(=O)nc1N. The molecule has 99 heavy (non-hydrogen) atoms. The van der Waals surface area contributed by atoms with Crippen molar-refractivity contribution in [3.63, 3.8) is 0 Å². The maximum Gasteiger partial charge on any atom is 0.492 e. The van der Waals surface area contributed by atoms with Crippen LogP contribution in [0.4, 0.5) is 23.3 Å². The highest BCUT2D eigenvalue weighted by molar-refractivity contribution is 8.36. The Morgan fingerprint density at radius 2 is 0.778 bits per heavy atom. The highest BCUT2D eigenvalue weighted by Crippen LogP contribution is 2.80. The number of halogens is 2. The molecule has 0 radical (unpaired) electrons. The number of nitrogens with two attached hydrogens (primary N) is 4. The minimum atomic E-state index is -5.51. The predicted octanol–water partition coefficient (Wildman–Crippen LogP) is -4.43. The van der Waals surface area contributed by atoms with Crippen molar-refractivity contribution in [1.29, 1.82) is 0 Å². The minimum Gasteiger partial charge on any atom is -0.394 e. The number of anilines is 4. The number of aliphatic hydroxyl groups excluding tert-OH is 9. The smallest absolute Gasteiger partial charge is 0.394 e. The lowest BCUT2D eigenvalue weighted by Crippen LogP contribution is -2.36. The molecule has 23 N–H and O–H groups in total. The summed E-state index contributed by atoms with van der Waals surface area (Å²) in [5, 5.41) is 88.9. The van der Waals surface area contributed by atoms with Gasteiger partial charge in [-0.25, -0.2) is 46.3 Å². The number of hydrogen-bond acceptors (Lipinski definition) is 40. The third kappa shape index (κ3) is 22.4. The predicted molar refractivity (Wildman–Crippen MR) is 336 cm³/mol. The van der Waals surface area contributed by atoms with Gasteiger partial charge in [-0.05, 0) is 73.8 Å². The van der Waals surface area contributed by atoms with Gasteiger partial charge < -0.3 is 126 Å². The van der Waals surface area contributed by atoms with Crippen LogP contribution in [0.3, 0.4) is 0 Å². The summed E-state index contributed by atoms with van der Waals surface area (Å²) in [6.45, 7) is -0.652. The number of nitrogens with zero attached hydrogens (tertiary/aromatic N) is 8. The number of ether oxygens (including phenoxy) is 4. The van der Waals surface area contributed by atoms with E-state index in [0.717, 1.165) is 18.3 Å². The number of aliphatic hydroxyl groups is 9. The molecule has 8 unspecified atom stereocenters. The van der Waals surface area contributed by atoms with Crippen molar-refractivity contribution in [3.8, 4) is 0 Å². The van der Waals surface area contributed by atoms with Gasteiger partial charge in [-0.2, -0.15) is 37.2 Å². The number of hydrogen-bond donors (Lipinski definition) is 19. The Morgan fingerprint density at radius 1 is 0.495 bits per heavy atom. The summed E-state index contributed by atoms with van der Waals surface area (Å²) < 4.78 is 116. The summed E-state index contributed by atoms with van der Waals surface area (Å²) in [6.07, 6.45) is -16.5. The fourth-order valence-corrected chi connectivity index (χ4v) is 18.5. The van der Waals surface area contributed by atoms with Crippen molar-refractivity contribution >= 4 is 120 Å². The lowest BCUT2D eigenvalue weighted by atomic mass is 10.1. The summed E-state index contributed by atoms with van der Waals surface area (Å²) in [5.74, 6) is 0.0864. The molecule has 4 aromatic heterocycles. The van der Waals surface area contributed by atoms with Crippen LogP contribution in [0.25, 0.3) is 0 Å². The number of nitrogen functional groups attached to an aromatic ring is 4. The van der Waals surface area contributed by atoms with Gasteiger partial charge in [0.2, 0.25) is 4.97 Å². The Morgan fingerprint density at radius 3 is 1.06 bits per heavy atom. The normalized spacial score (nSPS) is 33.5. The number of aryl methyl sites for hydroxylation is 4. The summed E-state index contributed by atoms with van der Waals surface area (Å²) >= 11 is 20.3. The van der Waals surface area contributed by atoms with E-state index in [1.165, 1.54) is 38.6 Å². The van der Waals surface area contributed by atoms with Crippen LogP contribution in [0.1, 0.15) is 47.2 Å².